The highest BCUT2D eigenvalue weighted by atomic mass is 79.9. The van der Waals surface area contributed by atoms with E-state index in [9.17, 15) is 0 Å². The molecule has 1 aliphatic rings. The first kappa shape index (κ1) is 15.3. The lowest BCUT2D eigenvalue weighted by Gasteiger charge is -2.28. The zero-order valence-corrected chi connectivity index (χ0v) is 14.8. The number of nitrogens with one attached hydrogen (secondary N) is 1. The minimum absolute atomic E-state index is 0.595. The highest BCUT2D eigenvalue weighted by Gasteiger charge is 2.20. The number of rotatable bonds is 3. The van der Waals surface area contributed by atoms with E-state index in [1.54, 1.807) is 0 Å². The van der Waals surface area contributed by atoms with Gasteiger partial charge >= 0.3 is 0 Å². The summed E-state index contributed by atoms with van der Waals surface area (Å²) in [4.78, 5) is 2.50. The minimum atomic E-state index is 0.595. The van der Waals surface area contributed by atoms with Crippen LogP contribution in [-0.2, 0) is 0 Å². The molecule has 1 unspecified atom stereocenters. The molecule has 0 spiro atoms. The Morgan fingerprint density at radius 2 is 2.16 bits per heavy atom. The summed E-state index contributed by atoms with van der Waals surface area (Å²) in [5, 5.41) is 3.68. The summed E-state index contributed by atoms with van der Waals surface area (Å²) in [6.07, 6.45) is 2.45. The van der Waals surface area contributed by atoms with Crippen LogP contribution in [0.3, 0.4) is 0 Å². The molecule has 0 radical (unpaired) electrons. The summed E-state index contributed by atoms with van der Waals surface area (Å²) >= 11 is 7.21. The van der Waals surface area contributed by atoms with Crippen LogP contribution in [0.15, 0.2) is 27.1 Å². The van der Waals surface area contributed by atoms with Crippen molar-refractivity contribution in [2.45, 2.75) is 32.7 Å². The normalized spacial score (nSPS) is 20.7. The van der Waals surface area contributed by atoms with Crippen molar-refractivity contribution < 1.29 is 0 Å². The molecule has 1 saturated heterocycles. The Kier molecular flexibility index (Phi) is 5.72. The fourth-order valence-electron chi connectivity index (χ4n) is 2.68. The monoisotopic (exact) mass is 388 g/mol. The Bertz CT molecular complexity index is 421. The van der Waals surface area contributed by atoms with E-state index < -0.39 is 0 Å². The van der Waals surface area contributed by atoms with Crippen molar-refractivity contribution in [3.63, 3.8) is 0 Å². The Morgan fingerprint density at radius 1 is 1.37 bits per heavy atom. The van der Waals surface area contributed by atoms with Crippen LogP contribution < -0.4 is 10.2 Å². The fraction of sp³-hybridized carbons (Fsp3) is 0.600. The van der Waals surface area contributed by atoms with Crippen LogP contribution in [0, 0.1) is 5.92 Å². The number of benzene rings is 1. The molecule has 1 atom stereocenters. The molecule has 0 saturated carbocycles. The third-order valence-electron chi connectivity index (χ3n) is 3.48. The van der Waals surface area contributed by atoms with Gasteiger partial charge in [0.2, 0.25) is 0 Å². The van der Waals surface area contributed by atoms with E-state index in [-0.39, 0.29) is 0 Å². The molecule has 2 rings (SSSR count). The summed E-state index contributed by atoms with van der Waals surface area (Å²) in [5.41, 5.74) is 1.31. The van der Waals surface area contributed by atoms with Crippen molar-refractivity contribution in [1.82, 2.24) is 5.32 Å². The summed E-state index contributed by atoms with van der Waals surface area (Å²) in [5.74, 6) is 0.741. The molecule has 0 amide bonds. The van der Waals surface area contributed by atoms with Gasteiger partial charge in [0, 0.05) is 28.1 Å². The predicted molar refractivity (Wildman–Crippen MR) is 89.9 cm³/mol. The molecule has 19 heavy (non-hydrogen) atoms. The molecule has 4 heteroatoms. The average molecular weight is 390 g/mol. The first-order chi connectivity index (χ1) is 9.06. The van der Waals surface area contributed by atoms with Gasteiger partial charge in [-0.05, 0) is 59.4 Å². The maximum Gasteiger partial charge on any atom is 0.0511 e. The van der Waals surface area contributed by atoms with Gasteiger partial charge in [0.05, 0.1) is 5.69 Å². The van der Waals surface area contributed by atoms with E-state index in [0.29, 0.717) is 6.04 Å². The molecule has 0 aliphatic carbocycles. The van der Waals surface area contributed by atoms with Gasteiger partial charge in [0.25, 0.3) is 0 Å². The maximum absolute atomic E-state index is 3.69. The van der Waals surface area contributed by atoms with Crippen molar-refractivity contribution in [2.24, 2.45) is 5.92 Å². The Hall–Kier alpha value is -0.0600. The standard InChI is InChI=1S/C15H22Br2N2/c1-11(2)8-13-10-19(7-3-6-18-13)15-5-4-12(16)9-14(15)17/h4-5,9,11,13,18H,3,6-8,10H2,1-2H3. The second-order valence-corrected chi connectivity index (χ2v) is 7.45. The molecule has 106 valence electrons. The second kappa shape index (κ2) is 7.09. The van der Waals surface area contributed by atoms with Crippen molar-refractivity contribution >= 4 is 37.5 Å². The quantitative estimate of drug-likeness (QED) is 0.822. The summed E-state index contributed by atoms with van der Waals surface area (Å²) in [7, 11) is 0. The van der Waals surface area contributed by atoms with Gasteiger partial charge in [0.15, 0.2) is 0 Å². The lowest BCUT2D eigenvalue weighted by Crippen LogP contribution is -2.38. The molecule has 1 fully saturated rings. The number of hydrogen-bond donors (Lipinski definition) is 1. The van der Waals surface area contributed by atoms with Crippen LogP contribution in [-0.4, -0.2) is 25.7 Å². The van der Waals surface area contributed by atoms with Crippen LogP contribution in [0.1, 0.15) is 26.7 Å². The van der Waals surface area contributed by atoms with Crippen molar-refractivity contribution in [3.05, 3.63) is 27.1 Å². The van der Waals surface area contributed by atoms with Crippen LogP contribution in [0.5, 0.6) is 0 Å². The van der Waals surface area contributed by atoms with E-state index in [2.05, 4.69) is 74.1 Å². The van der Waals surface area contributed by atoms with Crippen molar-refractivity contribution in [3.8, 4) is 0 Å². The third kappa shape index (κ3) is 4.47. The summed E-state index contributed by atoms with van der Waals surface area (Å²) in [6.45, 7) is 7.95. The molecule has 1 aromatic rings. The number of hydrogen-bond acceptors (Lipinski definition) is 2. The Balaban J connectivity index is 2.13. The summed E-state index contributed by atoms with van der Waals surface area (Å²) in [6, 6.07) is 7.05. The molecule has 1 heterocycles. The zero-order chi connectivity index (χ0) is 13.8. The molecule has 2 nitrogen and oxygen atoms in total. The van der Waals surface area contributed by atoms with Crippen LogP contribution in [0.4, 0.5) is 5.69 Å². The van der Waals surface area contributed by atoms with E-state index in [0.717, 1.165) is 30.0 Å². The molecular formula is C15H22Br2N2. The Morgan fingerprint density at radius 3 is 2.84 bits per heavy atom. The predicted octanol–water partition coefficient (Wildman–Crippen LogP) is 4.43. The van der Waals surface area contributed by atoms with Gasteiger partial charge in [-0.25, -0.2) is 0 Å². The lowest BCUT2D eigenvalue weighted by molar-refractivity contribution is 0.436. The third-order valence-corrected chi connectivity index (χ3v) is 4.61. The molecule has 1 aliphatic heterocycles. The fourth-order valence-corrected chi connectivity index (χ4v) is 3.98. The smallest absolute Gasteiger partial charge is 0.0511 e. The maximum atomic E-state index is 3.69. The Labute approximate surface area is 133 Å². The number of anilines is 1. The van der Waals surface area contributed by atoms with Crippen molar-refractivity contribution in [2.75, 3.05) is 24.5 Å². The van der Waals surface area contributed by atoms with E-state index in [4.69, 9.17) is 0 Å². The van der Waals surface area contributed by atoms with Crippen LogP contribution in [0.2, 0.25) is 0 Å². The highest BCUT2D eigenvalue weighted by Crippen LogP contribution is 2.30. The number of halogens is 2. The van der Waals surface area contributed by atoms with E-state index in [1.165, 1.54) is 23.0 Å². The second-order valence-electron chi connectivity index (χ2n) is 5.68. The topological polar surface area (TPSA) is 15.3 Å². The minimum Gasteiger partial charge on any atom is -0.369 e. The molecular weight excluding hydrogens is 368 g/mol. The largest absolute Gasteiger partial charge is 0.369 e. The first-order valence-electron chi connectivity index (χ1n) is 6.99. The first-order valence-corrected chi connectivity index (χ1v) is 8.58. The molecule has 1 N–H and O–H groups in total. The van der Waals surface area contributed by atoms with Gasteiger partial charge in [-0.3, -0.25) is 0 Å². The van der Waals surface area contributed by atoms with Gasteiger partial charge < -0.3 is 10.2 Å². The van der Waals surface area contributed by atoms with Gasteiger partial charge in [-0.15, -0.1) is 0 Å². The van der Waals surface area contributed by atoms with Gasteiger partial charge in [-0.2, -0.15) is 0 Å². The van der Waals surface area contributed by atoms with E-state index >= 15 is 0 Å². The SMILES string of the molecule is CC(C)CC1CN(c2ccc(Br)cc2Br)CCCN1. The number of nitrogens with zero attached hydrogens (tertiary/aromatic N) is 1. The molecule has 0 bridgehead atoms. The van der Waals surface area contributed by atoms with Gasteiger partial charge in [-0.1, -0.05) is 29.8 Å². The highest BCUT2D eigenvalue weighted by molar-refractivity contribution is 9.11. The van der Waals surface area contributed by atoms with Crippen LogP contribution in [0.25, 0.3) is 0 Å². The van der Waals surface area contributed by atoms with Crippen LogP contribution >= 0.6 is 31.9 Å². The average Bonchev–Trinajstić information content (AvgIpc) is 2.53. The van der Waals surface area contributed by atoms with Gasteiger partial charge in [0.1, 0.15) is 0 Å². The summed E-state index contributed by atoms with van der Waals surface area (Å²) < 4.78 is 2.29. The zero-order valence-electron chi connectivity index (χ0n) is 11.6. The van der Waals surface area contributed by atoms with E-state index in [1.807, 2.05) is 0 Å². The lowest BCUT2D eigenvalue weighted by atomic mass is 10.0. The van der Waals surface area contributed by atoms with Crippen molar-refractivity contribution in [1.29, 1.82) is 0 Å². The molecule has 1 aromatic carbocycles. The molecule has 0 aromatic heterocycles.